The number of fused-ring (bicyclic) bond motifs is 1. The summed E-state index contributed by atoms with van der Waals surface area (Å²) < 4.78 is 5.37. The van der Waals surface area contributed by atoms with E-state index in [1.165, 1.54) is 19.3 Å². The molecule has 274 valence electrons. The van der Waals surface area contributed by atoms with E-state index in [1.54, 1.807) is 0 Å². The van der Waals surface area contributed by atoms with Crippen LogP contribution in [0.3, 0.4) is 0 Å². The molecule has 0 radical (unpaired) electrons. The number of hydrogen-bond acceptors (Lipinski definition) is 6. The molecule has 48 heavy (non-hydrogen) atoms. The average Bonchev–Trinajstić information content (AvgIpc) is 3.96. The summed E-state index contributed by atoms with van der Waals surface area (Å²) >= 11 is 0. The molecule has 4 unspecified atom stereocenters. The third kappa shape index (κ3) is 11.9. The number of carbonyl (C=O) groups excluding carboxylic acids is 3. The summed E-state index contributed by atoms with van der Waals surface area (Å²) in [4.78, 5) is 41.7. The van der Waals surface area contributed by atoms with Gasteiger partial charge in [0, 0.05) is 30.4 Å². The Morgan fingerprint density at radius 1 is 0.938 bits per heavy atom. The molecule has 4 rings (SSSR count). The third-order valence-corrected chi connectivity index (χ3v) is 10.1. The van der Waals surface area contributed by atoms with Crippen molar-refractivity contribution in [3.63, 3.8) is 0 Å². The van der Waals surface area contributed by atoms with Gasteiger partial charge in [-0.05, 0) is 72.7 Å². The Morgan fingerprint density at radius 3 is 2.06 bits per heavy atom. The Balaban J connectivity index is 0.00000193. The van der Waals surface area contributed by atoms with Gasteiger partial charge in [0.15, 0.2) is 0 Å². The summed E-state index contributed by atoms with van der Waals surface area (Å²) in [5.74, 6) is 1.73. The van der Waals surface area contributed by atoms with Gasteiger partial charge >= 0.3 is 12.0 Å². The number of nitrogens with two attached hydrogens (primary N) is 1. The zero-order chi connectivity index (χ0) is 36.3. The minimum Gasteiger partial charge on any atom is -0.465 e. The summed E-state index contributed by atoms with van der Waals surface area (Å²) in [5.41, 5.74) is 7.59. The third-order valence-electron chi connectivity index (χ3n) is 10.1. The van der Waals surface area contributed by atoms with Gasteiger partial charge in [-0.25, -0.2) is 4.79 Å². The van der Waals surface area contributed by atoms with Crippen molar-refractivity contribution in [1.82, 2.24) is 20.9 Å². The maximum atomic E-state index is 14.2. The number of amides is 3. The van der Waals surface area contributed by atoms with E-state index < -0.39 is 17.5 Å². The highest BCUT2D eigenvalue weighted by molar-refractivity contribution is 5.88. The molecule has 6 atom stereocenters. The van der Waals surface area contributed by atoms with Crippen molar-refractivity contribution in [2.75, 3.05) is 13.2 Å². The van der Waals surface area contributed by atoms with Gasteiger partial charge in [0.2, 0.25) is 5.91 Å². The molecule has 3 aliphatic carbocycles. The van der Waals surface area contributed by atoms with Crippen molar-refractivity contribution >= 4 is 17.9 Å². The van der Waals surface area contributed by atoms with Crippen LogP contribution in [0.15, 0.2) is 36.7 Å². The average molecular weight is 672 g/mol. The molecule has 9 heteroatoms. The van der Waals surface area contributed by atoms with Crippen LogP contribution in [0.2, 0.25) is 0 Å². The summed E-state index contributed by atoms with van der Waals surface area (Å²) in [7, 11) is 0. The molecule has 1 saturated heterocycles. The molecular formula is C39H69N5O4. The Labute approximate surface area is 292 Å². The second-order valence-corrected chi connectivity index (χ2v) is 15.3. The van der Waals surface area contributed by atoms with Crippen LogP contribution in [0.1, 0.15) is 120 Å². The highest BCUT2D eigenvalue weighted by atomic mass is 16.5. The van der Waals surface area contributed by atoms with E-state index in [9.17, 15) is 14.4 Å². The van der Waals surface area contributed by atoms with Gasteiger partial charge in [-0.15, -0.1) is 0 Å². The van der Waals surface area contributed by atoms with Gasteiger partial charge in [0.25, 0.3) is 0 Å². The number of nitrogens with zero attached hydrogens (tertiary/aromatic N) is 1. The van der Waals surface area contributed by atoms with E-state index in [2.05, 4.69) is 35.7 Å². The zero-order valence-electron chi connectivity index (χ0n) is 31.8. The molecule has 1 heterocycles. The van der Waals surface area contributed by atoms with E-state index in [4.69, 9.17) is 10.5 Å². The lowest BCUT2D eigenvalue weighted by atomic mass is 9.79. The number of urea groups is 1. The number of likely N-dealkylation sites (tertiary alicyclic amines) is 1. The Hall–Kier alpha value is -2.97. The number of ether oxygens (including phenoxy) is 1. The van der Waals surface area contributed by atoms with Crippen molar-refractivity contribution in [2.24, 2.45) is 40.7 Å². The van der Waals surface area contributed by atoms with Crippen molar-refractivity contribution < 1.29 is 19.1 Å². The van der Waals surface area contributed by atoms with Crippen LogP contribution in [-0.4, -0.2) is 60.1 Å². The molecule has 3 saturated carbocycles. The van der Waals surface area contributed by atoms with E-state index in [-0.39, 0.29) is 42.3 Å². The topological polar surface area (TPSA) is 126 Å². The summed E-state index contributed by atoms with van der Waals surface area (Å²) in [6, 6.07) is -1.60. The molecule has 0 spiro atoms. The Morgan fingerprint density at radius 2 is 1.56 bits per heavy atom. The van der Waals surface area contributed by atoms with Crippen LogP contribution in [0.5, 0.6) is 0 Å². The number of hydrogen-bond donors (Lipinski definition) is 4. The molecule has 9 nitrogen and oxygen atoms in total. The Kier molecular flexibility index (Phi) is 16.1. The van der Waals surface area contributed by atoms with Crippen LogP contribution in [0.25, 0.3) is 0 Å². The first-order valence-electron chi connectivity index (χ1n) is 18.8. The largest absolute Gasteiger partial charge is 0.465 e. The fourth-order valence-electron chi connectivity index (χ4n) is 6.59. The summed E-state index contributed by atoms with van der Waals surface area (Å²) in [5, 5.41) is 9.66. The standard InChI is InChI=1S/C35H57N5O4.2C2H6/c1-20(2)28(14-15-30(41)44-19-25-12-13-25)38-34(43)39-32(35(6,7)8)33(42)40-18-26-17-27(26)31(40)23(5)37-29(21(3)22(4)36)16-24-10-9-11-24;2*1-2/h20,24-29,31-32,37H,3-5,9-19,36H2,1-2,6-8H3,(H2,38,39,43);2*1-2H3/t26-,27-,28?,29?,31?,32?;;/m0../s1. The maximum absolute atomic E-state index is 14.2. The highest BCUT2D eigenvalue weighted by Crippen LogP contribution is 2.51. The number of nitrogens with one attached hydrogen (secondary N) is 3. The van der Waals surface area contributed by atoms with Gasteiger partial charge in [0.05, 0.1) is 18.7 Å². The van der Waals surface area contributed by atoms with Crippen molar-refractivity contribution in [3.05, 3.63) is 36.7 Å². The van der Waals surface area contributed by atoms with Gasteiger partial charge in [-0.2, -0.15) is 0 Å². The Bertz CT molecular complexity index is 1120. The zero-order valence-corrected chi connectivity index (χ0v) is 31.8. The second kappa shape index (κ2) is 18.7. The fraction of sp³-hybridized carbons (Fsp3) is 0.769. The SMILES string of the molecule is C=C(N)C(=C)C(CC1CCC1)NC(=C)C1[C@H]2C[C@H]2CN1C(=O)C(NC(=O)NC(CCC(=O)OCC1CC1)C(C)C)C(C)(C)C.CC.CC. The van der Waals surface area contributed by atoms with E-state index in [1.807, 2.05) is 67.2 Å². The lowest BCUT2D eigenvalue weighted by Gasteiger charge is -2.39. The number of rotatable bonds is 16. The molecule has 3 amide bonds. The van der Waals surface area contributed by atoms with Crippen LogP contribution < -0.4 is 21.7 Å². The predicted molar refractivity (Wildman–Crippen MR) is 197 cm³/mol. The minimum atomic E-state index is -0.740. The predicted octanol–water partition coefficient (Wildman–Crippen LogP) is 7.05. The van der Waals surface area contributed by atoms with E-state index in [0.29, 0.717) is 48.9 Å². The molecule has 0 aromatic carbocycles. The minimum absolute atomic E-state index is 0.0682. The van der Waals surface area contributed by atoms with Crippen molar-refractivity contribution in [3.8, 4) is 0 Å². The van der Waals surface area contributed by atoms with Gasteiger partial charge in [0.1, 0.15) is 6.04 Å². The molecular weight excluding hydrogens is 602 g/mol. The quantitative estimate of drug-likeness (QED) is 0.103. The monoisotopic (exact) mass is 672 g/mol. The summed E-state index contributed by atoms with van der Waals surface area (Å²) in [6.07, 6.45) is 8.64. The highest BCUT2D eigenvalue weighted by Gasteiger charge is 2.56. The van der Waals surface area contributed by atoms with Crippen molar-refractivity contribution in [2.45, 2.75) is 144 Å². The lowest BCUT2D eigenvalue weighted by molar-refractivity contribution is -0.144. The maximum Gasteiger partial charge on any atom is 0.315 e. The molecule has 4 fully saturated rings. The molecule has 5 N–H and O–H groups in total. The first-order chi connectivity index (χ1) is 22.6. The number of piperidine rings is 1. The van der Waals surface area contributed by atoms with Gasteiger partial charge in [-0.3, -0.25) is 9.59 Å². The molecule has 0 bridgehead atoms. The van der Waals surface area contributed by atoms with E-state index >= 15 is 0 Å². The normalized spacial score (nSPS) is 23.0. The lowest BCUT2D eigenvalue weighted by Crippen LogP contribution is -2.59. The van der Waals surface area contributed by atoms with Gasteiger partial charge < -0.3 is 31.3 Å². The molecule has 4 aliphatic rings. The fourth-order valence-corrected chi connectivity index (χ4v) is 6.59. The smallest absolute Gasteiger partial charge is 0.315 e. The van der Waals surface area contributed by atoms with Crippen LogP contribution in [-0.2, 0) is 14.3 Å². The summed E-state index contributed by atoms with van der Waals surface area (Å²) in [6.45, 7) is 31.6. The molecule has 0 aromatic rings. The van der Waals surface area contributed by atoms with E-state index in [0.717, 1.165) is 37.0 Å². The van der Waals surface area contributed by atoms with Gasteiger partial charge in [-0.1, -0.05) is 101 Å². The molecule has 1 aliphatic heterocycles. The van der Waals surface area contributed by atoms with Crippen LogP contribution >= 0.6 is 0 Å². The number of esters is 1. The van der Waals surface area contributed by atoms with Crippen LogP contribution in [0, 0.1) is 35.0 Å². The number of carbonyl (C=O) groups is 3. The first-order valence-corrected chi connectivity index (χ1v) is 18.8. The molecule has 0 aromatic heterocycles. The van der Waals surface area contributed by atoms with Crippen molar-refractivity contribution in [1.29, 1.82) is 0 Å². The van der Waals surface area contributed by atoms with Crippen LogP contribution in [0.4, 0.5) is 4.79 Å². The second-order valence-electron chi connectivity index (χ2n) is 15.3. The first kappa shape index (κ1) is 41.2.